The molecular weight excluding hydrogens is 330 g/mol. The summed E-state index contributed by atoms with van der Waals surface area (Å²) in [6.45, 7) is 22.1. The van der Waals surface area contributed by atoms with Gasteiger partial charge in [0.15, 0.2) is 0 Å². The molecule has 0 saturated heterocycles. The maximum Gasteiger partial charge on any atom is 0.221 e. The Morgan fingerprint density at radius 1 is 0.920 bits per heavy atom. The summed E-state index contributed by atoms with van der Waals surface area (Å²) in [4.78, 5) is 17.0. The third-order valence-corrected chi connectivity index (χ3v) is 4.72. The lowest BCUT2D eigenvalue weighted by molar-refractivity contribution is -0.121. The van der Waals surface area contributed by atoms with Crippen molar-refractivity contribution in [3.8, 4) is 0 Å². The van der Waals surface area contributed by atoms with Gasteiger partial charge in [-0.15, -0.1) is 0 Å². The average molecular weight is 374 g/mol. The molecule has 150 valence electrons. The summed E-state index contributed by atoms with van der Waals surface area (Å²) in [6, 6.07) is 0. The maximum absolute atomic E-state index is 12.2. The topological polar surface area (TPSA) is 35.6 Å². The predicted octanol–water partition coefficient (Wildman–Crippen LogP) is 3.67. The van der Waals surface area contributed by atoms with E-state index in [2.05, 4.69) is 63.6 Å². The van der Waals surface area contributed by atoms with Gasteiger partial charge in [0.25, 0.3) is 0 Å². The number of hydrogen-bond acceptors (Lipinski definition) is 4. The van der Waals surface area contributed by atoms with Crippen LogP contribution in [0.2, 0.25) is 0 Å². The van der Waals surface area contributed by atoms with Gasteiger partial charge in [0.05, 0.1) is 0 Å². The van der Waals surface area contributed by atoms with Crippen LogP contribution in [0, 0.1) is 5.41 Å². The Balaban J connectivity index is 4.16. The van der Waals surface area contributed by atoms with E-state index in [9.17, 15) is 4.79 Å². The number of carbonyl (C=O) groups excluding carboxylic acids is 1. The Morgan fingerprint density at radius 3 is 1.88 bits per heavy atom. The van der Waals surface area contributed by atoms with Crippen LogP contribution >= 0.6 is 12.6 Å². The number of amides is 1. The minimum atomic E-state index is -0.167. The third kappa shape index (κ3) is 13.6. The first-order valence-corrected chi connectivity index (χ1v) is 10.4. The van der Waals surface area contributed by atoms with E-state index >= 15 is 0 Å². The van der Waals surface area contributed by atoms with Crippen molar-refractivity contribution < 1.29 is 4.79 Å². The molecule has 1 atom stereocenters. The van der Waals surface area contributed by atoms with E-state index in [1.54, 1.807) is 0 Å². The normalized spacial score (nSPS) is 14.8. The van der Waals surface area contributed by atoms with Crippen molar-refractivity contribution in [1.82, 2.24) is 15.1 Å². The molecule has 1 N–H and O–H groups in total. The largest absolute Gasteiger partial charge is 0.355 e. The molecule has 0 aliphatic heterocycles. The standard InChI is InChI=1S/C20H43N3OS/c1-8-12-22(9-2)14-15-23(10-3)13-11-18(24)21-17-20(7,25)16-19(4,5)6/h25H,8-17H2,1-7H3,(H,21,24). The second-order valence-electron chi connectivity index (χ2n) is 8.63. The number of hydrogen-bond donors (Lipinski definition) is 2. The Kier molecular flexibility index (Phi) is 12.1. The fourth-order valence-corrected chi connectivity index (χ4v) is 3.85. The molecule has 0 spiro atoms. The molecule has 0 rings (SSSR count). The lowest BCUT2D eigenvalue weighted by atomic mass is 9.85. The summed E-state index contributed by atoms with van der Waals surface area (Å²) in [6.07, 6.45) is 2.72. The monoisotopic (exact) mass is 373 g/mol. The maximum atomic E-state index is 12.2. The highest BCUT2D eigenvalue weighted by Gasteiger charge is 2.26. The first-order valence-electron chi connectivity index (χ1n) is 9.96. The van der Waals surface area contributed by atoms with E-state index in [0.29, 0.717) is 13.0 Å². The van der Waals surface area contributed by atoms with Gasteiger partial charge < -0.3 is 15.1 Å². The molecular formula is C20H43N3OS. The van der Waals surface area contributed by atoms with Crippen LogP contribution in [-0.2, 0) is 4.79 Å². The van der Waals surface area contributed by atoms with Gasteiger partial charge in [-0.2, -0.15) is 12.6 Å². The van der Waals surface area contributed by atoms with Crippen molar-refractivity contribution in [3.63, 3.8) is 0 Å². The van der Waals surface area contributed by atoms with Crippen molar-refractivity contribution in [3.05, 3.63) is 0 Å². The first kappa shape index (κ1) is 24.7. The van der Waals surface area contributed by atoms with Crippen molar-refractivity contribution >= 4 is 18.5 Å². The number of nitrogens with one attached hydrogen (secondary N) is 1. The zero-order chi connectivity index (χ0) is 19.5. The summed E-state index contributed by atoms with van der Waals surface area (Å²) in [5.41, 5.74) is 0.212. The van der Waals surface area contributed by atoms with Gasteiger partial charge in [-0.25, -0.2) is 0 Å². The van der Waals surface area contributed by atoms with E-state index in [4.69, 9.17) is 12.6 Å². The fraction of sp³-hybridized carbons (Fsp3) is 0.950. The van der Waals surface area contributed by atoms with Gasteiger partial charge in [-0.05, 0) is 44.8 Å². The Bertz CT molecular complexity index is 366. The van der Waals surface area contributed by atoms with Crippen LogP contribution in [0.5, 0.6) is 0 Å². The molecule has 1 amide bonds. The van der Waals surface area contributed by atoms with Crippen LogP contribution in [0.4, 0.5) is 0 Å². The number of nitrogens with zero attached hydrogens (tertiary/aromatic N) is 2. The summed E-state index contributed by atoms with van der Waals surface area (Å²) in [5.74, 6) is 0.133. The van der Waals surface area contributed by atoms with Gasteiger partial charge in [-0.3, -0.25) is 4.79 Å². The Labute approximate surface area is 162 Å². The molecule has 0 aliphatic rings. The number of carbonyl (C=O) groups is 1. The molecule has 0 aromatic rings. The van der Waals surface area contributed by atoms with Crippen LogP contribution in [0.1, 0.15) is 67.7 Å². The first-order chi connectivity index (χ1) is 11.5. The molecule has 25 heavy (non-hydrogen) atoms. The second-order valence-corrected chi connectivity index (χ2v) is 9.71. The minimum Gasteiger partial charge on any atom is -0.355 e. The molecule has 0 radical (unpaired) electrons. The lowest BCUT2D eigenvalue weighted by Crippen LogP contribution is -2.41. The van der Waals surface area contributed by atoms with Crippen LogP contribution in [-0.4, -0.2) is 66.3 Å². The highest BCUT2D eigenvalue weighted by atomic mass is 32.1. The zero-order valence-corrected chi connectivity index (χ0v) is 18.7. The number of thiol groups is 1. The summed E-state index contributed by atoms with van der Waals surface area (Å²) < 4.78 is -0.167. The molecule has 0 fully saturated rings. The molecule has 0 aromatic heterocycles. The molecule has 4 nitrogen and oxygen atoms in total. The molecule has 0 aliphatic carbocycles. The predicted molar refractivity (Wildman–Crippen MR) is 114 cm³/mol. The fourth-order valence-electron chi connectivity index (χ4n) is 3.30. The smallest absolute Gasteiger partial charge is 0.221 e. The molecule has 0 bridgehead atoms. The number of rotatable bonds is 13. The summed E-state index contributed by atoms with van der Waals surface area (Å²) >= 11 is 4.74. The van der Waals surface area contributed by atoms with Crippen molar-refractivity contribution in [2.24, 2.45) is 5.41 Å². The number of likely N-dealkylation sites (N-methyl/N-ethyl adjacent to an activating group) is 2. The van der Waals surface area contributed by atoms with Crippen molar-refractivity contribution in [2.45, 2.75) is 72.5 Å². The van der Waals surface area contributed by atoms with E-state index < -0.39 is 0 Å². The van der Waals surface area contributed by atoms with E-state index in [1.165, 1.54) is 6.42 Å². The molecule has 0 heterocycles. The summed E-state index contributed by atoms with van der Waals surface area (Å²) in [5, 5.41) is 3.07. The third-order valence-electron chi connectivity index (χ3n) is 4.40. The van der Waals surface area contributed by atoms with Gasteiger partial charge in [0.1, 0.15) is 0 Å². The van der Waals surface area contributed by atoms with E-state index in [0.717, 1.165) is 45.7 Å². The highest BCUT2D eigenvalue weighted by Crippen LogP contribution is 2.30. The summed E-state index contributed by atoms with van der Waals surface area (Å²) in [7, 11) is 0. The van der Waals surface area contributed by atoms with Crippen molar-refractivity contribution in [2.75, 3.05) is 45.8 Å². The van der Waals surface area contributed by atoms with Gasteiger partial charge in [0, 0.05) is 37.3 Å². The Morgan fingerprint density at radius 2 is 1.44 bits per heavy atom. The average Bonchev–Trinajstić information content (AvgIpc) is 2.49. The van der Waals surface area contributed by atoms with Crippen LogP contribution < -0.4 is 5.32 Å². The lowest BCUT2D eigenvalue weighted by Gasteiger charge is -2.31. The van der Waals surface area contributed by atoms with Gasteiger partial charge in [0.2, 0.25) is 5.91 Å². The SMILES string of the molecule is CCCN(CC)CCN(CC)CCC(=O)NCC(C)(S)CC(C)(C)C. The van der Waals surface area contributed by atoms with Gasteiger partial charge >= 0.3 is 0 Å². The zero-order valence-electron chi connectivity index (χ0n) is 17.8. The molecule has 0 saturated carbocycles. The molecule has 0 aromatic carbocycles. The quantitative estimate of drug-likeness (QED) is 0.484. The van der Waals surface area contributed by atoms with Crippen LogP contribution in [0.15, 0.2) is 0 Å². The van der Waals surface area contributed by atoms with Gasteiger partial charge in [-0.1, -0.05) is 41.5 Å². The van der Waals surface area contributed by atoms with Crippen LogP contribution in [0.25, 0.3) is 0 Å². The van der Waals surface area contributed by atoms with Crippen LogP contribution in [0.3, 0.4) is 0 Å². The Hall–Kier alpha value is -0.260. The van der Waals surface area contributed by atoms with E-state index in [-0.39, 0.29) is 16.1 Å². The highest BCUT2D eigenvalue weighted by molar-refractivity contribution is 7.81. The van der Waals surface area contributed by atoms with E-state index in [1.807, 2.05) is 0 Å². The molecule has 5 heteroatoms. The second kappa shape index (κ2) is 12.2. The van der Waals surface area contributed by atoms with Crippen molar-refractivity contribution in [1.29, 1.82) is 0 Å². The molecule has 1 unspecified atom stereocenters. The minimum absolute atomic E-state index is 0.133.